The van der Waals surface area contributed by atoms with E-state index in [0.717, 1.165) is 41.7 Å². The number of fused-ring (bicyclic) bond motifs is 1. The molecule has 1 saturated carbocycles. The molecule has 0 atom stereocenters. The van der Waals surface area contributed by atoms with Gasteiger partial charge in [0.05, 0.1) is 11.7 Å². The monoisotopic (exact) mass is 456 g/mol. The van der Waals surface area contributed by atoms with Gasteiger partial charge < -0.3 is 4.74 Å². The SMILES string of the molecule is Cc1sc2ncn(CC(=O)OC3CCC(C(C)(C)C)CC3)c(=O)c2c1-c1ccc(F)cc1. The number of hydrogen-bond acceptors (Lipinski definition) is 5. The lowest BCUT2D eigenvalue weighted by atomic mass is 9.72. The number of nitrogens with zero attached hydrogens (tertiary/aromatic N) is 2. The minimum Gasteiger partial charge on any atom is -0.461 e. The fourth-order valence-corrected chi connectivity index (χ4v) is 5.63. The zero-order chi connectivity index (χ0) is 23.0. The van der Waals surface area contributed by atoms with Crippen LogP contribution in [0.3, 0.4) is 0 Å². The van der Waals surface area contributed by atoms with E-state index in [0.29, 0.717) is 16.1 Å². The van der Waals surface area contributed by atoms with Crippen LogP contribution in [0.4, 0.5) is 4.39 Å². The van der Waals surface area contributed by atoms with Crippen molar-refractivity contribution in [2.75, 3.05) is 0 Å². The second-order valence-electron chi connectivity index (χ2n) is 9.73. The van der Waals surface area contributed by atoms with Gasteiger partial charge in [-0.25, -0.2) is 9.37 Å². The predicted molar refractivity (Wildman–Crippen MR) is 125 cm³/mol. The van der Waals surface area contributed by atoms with Gasteiger partial charge >= 0.3 is 5.97 Å². The molecule has 170 valence electrons. The summed E-state index contributed by atoms with van der Waals surface area (Å²) in [5.41, 5.74) is 1.48. The number of esters is 1. The Kier molecular flexibility index (Phi) is 6.21. The quantitative estimate of drug-likeness (QED) is 0.471. The minimum atomic E-state index is -0.414. The second-order valence-corrected chi connectivity index (χ2v) is 10.9. The molecule has 1 aromatic carbocycles. The first-order valence-corrected chi connectivity index (χ1v) is 11.9. The van der Waals surface area contributed by atoms with Crippen LogP contribution in [0, 0.1) is 24.1 Å². The van der Waals surface area contributed by atoms with Gasteiger partial charge in [-0.1, -0.05) is 32.9 Å². The van der Waals surface area contributed by atoms with Crippen molar-refractivity contribution >= 4 is 27.5 Å². The Balaban J connectivity index is 1.52. The van der Waals surface area contributed by atoms with E-state index in [2.05, 4.69) is 25.8 Å². The van der Waals surface area contributed by atoms with Gasteiger partial charge in [-0.05, 0) is 61.6 Å². The van der Waals surface area contributed by atoms with E-state index in [-0.39, 0.29) is 29.4 Å². The van der Waals surface area contributed by atoms with Crippen LogP contribution >= 0.6 is 11.3 Å². The van der Waals surface area contributed by atoms with Crippen molar-refractivity contribution in [1.29, 1.82) is 0 Å². The van der Waals surface area contributed by atoms with Gasteiger partial charge in [0, 0.05) is 10.4 Å². The number of rotatable bonds is 4. The Morgan fingerprint density at radius 2 is 1.84 bits per heavy atom. The fraction of sp³-hybridized carbons (Fsp3) is 0.480. The van der Waals surface area contributed by atoms with Crippen molar-refractivity contribution < 1.29 is 13.9 Å². The van der Waals surface area contributed by atoms with E-state index in [4.69, 9.17) is 4.74 Å². The Labute approximate surface area is 191 Å². The van der Waals surface area contributed by atoms with Gasteiger partial charge in [-0.3, -0.25) is 14.2 Å². The maximum absolute atomic E-state index is 13.4. The summed E-state index contributed by atoms with van der Waals surface area (Å²) in [6, 6.07) is 6.06. The average Bonchev–Trinajstić information content (AvgIpc) is 3.07. The molecule has 0 spiro atoms. The van der Waals surface area contributed by atoms with Crippen LogP contribution in [0.25, 0.3) is 21.3 Å². The molecule has 5 nitrogen and oxygen atoms in total. The summed E-state index contributed by atoms with van der Waals surface area (Å²) in [5.74, 6) is -0.109. The molecule has 1 aliphatic carbocycles. The van der Waals surface area contributed by atoms with E-state index in [1.807, 2.05) is 6.92 Å². The van der Waals surface area contributed by atoms with Crippen LogP contribution in [-0.4, -0.2) is 21.6 Å². The van der Waals surface area contributed by atoms with Gasteiger partial charge in [0.15, 0.2) is 0 Å². The highest BCUT2D eigenvalue weighted by atomic mass is 32.1. The molecule has 0 amide bonds. The van der Waals surface area contributed by atoms with E-state index in [9.17, 15) is 14.0 Å². The van der Waals surface area contributed by atoms with Crippen LogP contribution in [0.5, 0.6) is 0 Å². The highest BCUT2D eigenvalue weighted by molar-refractivity contribution is 7.19. The van der Waals surface area contributed by atoms with Crippen molar-refractivity contribution in [3.63, 3.8) is 0 Å². The van der Waals surface area contributed by atoms with E-state index < -0.39 is 5.97 Å². The van der Waals surface area contributed by atoms with E-state index in [1.54, 1.807) is 12.1 Å². The molecule has 4 rings (SSSR count). The van der Waals surface area contributed by atoms with Crippen molar-refractivity contribution in [3.05, 3.63) is 51.6 Å². The molecule has 0 N–H and O–H groups in total. The van der Waals surface area contributed by atoms with Crippen molar-refractivity contribution in [1.82, 2.24) is 9.55 Å². The van der Waals surface area contributed by atoms with E-state index >= 15 is 0 Å². The molecular formula is C25H29FN2O3S. The van der Waals surface area contributed by atoms with Crippen LogP contribution < -0.4 is 5.56 Å². The highest BCUT2D eigenvalue weighted by Crippen LogP contribution is 2.38. The molecule has 2 heterocycles. The Morgan fingerprint density at radius 1 is 1.19 bits per heavy atom. The van der Waals surface area contributed by atoms with Crippen molar-refractivity contribution in [2.24, 2.45) is 11.3 Å². The maximum atomic E-state index is 13.4. The predicted octanol–water partition coefficient (Wildman–Crippen LogP) is 5.72. The summed E-state index contributed by atoms with van der Waals surface area (Å²) in [4.78, 5) is 31.8. The van der Waals surface area contributed by atoms with Crippen LogP contribution in [-0.2, 0) is 16.1 Å². The third-order valence-corrected chi connectivity index (χ3v) is 7.50. The first kappa shape index (κ1) is 22.6. The first-order chi connectivity index (χ1) is 15.1. The Bertz CT molecular complexity index is 1180. The molecular weight excluding hydrogens is 427 g/mol. The topological polar surface area (TPSA) is 61.2 Å². The molecule has 2 aromatic heterocycles. The highest BCUT2D eigenvalue weighted by Gasteiger charge is 2.31. The normalized spacial score (nSPS) is 19.3. The van der Waals surface area contributed by atoms with Crippen LogP contribution in [0.1, 0.15) is 51.3 Å². The number of carbonyl (C=O) groups is 1. The van der Waals surface area contributed by atoms with Gasteiger partial charge in [-0.15, -0.1) is 11.3 Å². The van der Waals surface area contributed by atoms with Gasteiger partial charge in [-0.2, -0.15) is 0 Å². The summed E-state index contributed by atoms with van der Waals surface area (Å²) in [6.45, 7) is 8.51. The standard InChI is InChI=1S/C25H29FN2O3S/c1-15-21(16-5-9-18(26)10-6-16)22-23(32-15)27-14-28(24(22)30)13-20(29)31-19-11-7-17(8-12-19)25(2,3)4/h5-6,9-10,14,17,19H,7-8,11-13H2,1-4H3. The third-order valence-electron chi connectivity index (χ3n) is 6.48. The van der Waals surface area contributed by atoms with Crippen LogP contribution in [0.15, 0.2) is 35.4 Å². The van der Waals surface area contributed by atoms with Crippen molar-refractivity contribution in [2.45, 2.75) is 66.0 Å². The summed E-state index contributed by atoms with van der Waals surface area (Å²) in [5, 5.41) is 0.458. The third kappa shape index (κ3) is 4.63. The molecule has 0 aliphatic heterocycles. The molecule has 0 unspecified atom stereocenters. The van der Waals surface area contributed by atoms with Gasteiger partial charge in [0.25, 0.3) is 5.56 Å². The number of ether oxygens (including phenoxy) is 1. The number of benzene rings is 1. The largest absolute Gasteiger partial charge is 0.461 e. The van der Waals surface area contributed by atoms with Gasteiger partial charge in [0.1, 0.15) is 23.3 Å². The summed E-state index contributed by atoms with van der Waals surface area (Å²) < 4.78 is 20.4. The lowest BCUT2D eigenvalue weighted by molar-refractivity contribution is -0.152. The van der Waals surface area contributed by atoms with Gasteiger partial charge in [0.2, 0.25) is 0 Å². The zero-order valence-corrected chi connectivity index (χ0v) is 19.8. The van der Waals surface area contributed by atoms with Crippen LogP contribution in [0.2, 0.25) is 0 Å². The Hall–Kier alpha value is -2.54. The lowest BCUT2D eigenvalue weighted by Crippen LogP contribution is -2.32. The van der Waals surface area contributed by atoms with E-state index in [1.165, 1.54) is 34.4 Å². The smallest absolute Gasteiger partial charge is 0.326 e. The zero-order valence-electron chi connectivity index (χ0n) is 19.0. The number of carbonyl (C=O) groups excluding carboxylic acids is 1. The minimum absolute atomic E-state index is 0.0911. The number of hydrogen-bond donors (Lipinski definition) is 0. The second kappa shape index (κ2) is 8.77. The number of aromatic nitrogens is 2. The number of aryl methyl sites for hydroxylation is 1. The molecule has 0 radical (unpaired) electrons. The number of halogens is 1. The summed E-state index contributed by atoms with van der Waals surface area (Å²) in [7, 11) is 0. The molecule has 32 heavy (non-hydrogen) atoms. The molecule has 3 aromatic rings. The summed E-state index contributed by atoms with van der Waals surface area (Å²) >= 11 is 1.42. The molecule has 7 heteroatoms. The summed E-state index contributed by atoms with van der Waals surface area (Å²) in [6.07, 6.45) is 5.13. The fourth-order valence-electron chi connectivity index (χ4n) is 4.62. The first-order valence-electron chi connectivity index (χ1n) is 11.1. The Morgan fingerprint density at radius 3 is 2.47 bits per heavy atom. The molecule has 0 bridgehead atoms. The molecule has 1 fully saturated rings. The maximum Gasteiger partial charge on any atom is 0.326 e. The lowest BCUT2D eigenvalue weighted by Gasteiger charge is -2.36. The molecule has 0 saturated heterocycles. The molecule has 1 aliphatic rings. The average molecular weight is 457 g/mol. The number of thiophene rings is 1. The van der Waals surface area contributed by atoms with Crippen molar-refractivity contribution in [3.8, 4) is 11.1 Å².